The van der Waals surface area contributed by atoms with Crippen LogP contribution in [0.3, 0.4) is 0 Å². The largest absolute Gasteiger partial charge is 0.220 e. The quantitative estimate of drug-likeness (QED) is 0.849. The summed E-state index contributed by atoms with van der Waals surface area (Å²) >= 11 is 6.30. The Morgan fingerprint density at radius 2 is 2.11 bits per heavy atom. The second-order valence-electron chi connectivity index (χ2n) is 4.68. The van der Waals surface area contributed by atoms with Crippen molar-refractivity contribution in [2.75, 3.05) is 0 Å². The van der Waals surface area contributed by atoms with Crippen LogP contribution in [0.5, 0.6) is 0 Å². The molecule has 0 atom stereocenters. The first-order valence-electron chi connectivity index (χ1n) is 6.33. The first kappa shape index (κ1) is 13.6. The number of halogens is 1. The van der Waals surface area contributed by atoms with E-state index in [1.165, 1.54) is 0 Å². The van der Waals surface area contributed by atoms with Crippen molar-refractivity contribution < 1.29 is 0 Å². The van der Waals surface area contributed by atoms with Gasteiger partial charge in [0, 0.05) is 0 Å². The van der Waals surface area contributed by atoms with Gasteiger partial charge in [-0.15, -0.1) is 0 Å². The van der Waals surface area contributed by atoms with E-state index in [-0.39, 0.29) is 0 Å². The Morgan fingerprint density at radius 1 is 1.37 bits per heavy atom. The fourth-order valence-electron chi connectivity index (χ4n) is 2.07. The molecule has 0 fully saturated rings. The monoisotopic (exact) mass is 273 g/mol. The molecule has 0 aliphatic heterocycles. The summed E-state index contributed by atoms with van der Waals surface area (Å²) in [4.78, 5) is 0. The summed E-state index contributed by atoms with van der Waals surface area (Å²) in [5.74, 6) is 0. The predicted molar refractivity (Wildman–Crippen MR) is 76.8 cm³/mol. The van der Waals surface area contributed by atoms with Crippen molar-refractivity contribution in [3.63, 3.8) is 0 Å². The zero-order valence-corrected chi connectivity index (χ0v) is 12.1. The van der Waals surface area contributed by atoms with E-state index < -0.39 is 0 Å². The van der Waals surface area contributed by atoms with E-state index in [1.807, 2.05) is 32.0 Å². The maximum atomic E-state index is 9.22. The Labute approximate surface area is 118 Å². The van der Waals surface area contributed by atoms with Crippen molar-refractivity contribution in [3.8, 4) is 11.8 Å². The SMILES string of the molecule is CCCc1nn(-c2cc(C)ccc2C)c(Cl)c1C#N. The number of nitriles is 1. The van der Waals surface area contributed by atoms with Crippen molar-refractivity contribution in [2.24, 2.45) is 0 Å². The predicted octanol–water partition coefficient (Wildman–Crippen LogP) is 3.97. The van der Waals surface area contributed by atoms with E-state index >= 15 is 0 Å². The third-order valence-electron chi connectivity index (χ3n) is 3.09. The number of aromatic nitrogens is 2. The maximum Gasteiger partial charge on any atom is 0.150 e. The molecule has 19 heavy (non-hydrogen) atoms. The lowest BCUT2D eigenvalue weighted by molar-refractivity contribution is 0.803. The molecule has 0 saturated carbocycles. The first-order valence-corrected chi connectivity index (χ1v) is 6.71. The lowest BCUT2D eigenvalue weighted by Crippen LogP contribution is -2.00. The van der Waals surface area contributed by atoms with Crippen LogP contribution in [0, 0.1) is 25.2 Å². The smallest absolute Gasteiger partial charge is 0.150 e. The summed E-state index contributed by atoms with van der Waals surface area (Å²) < 4.78 is 1.67. The summed E-state index contributed by atoms with van der Waals surface area (Å²) in [5.41, 5.74) is 4.43. The van der Waals surface area contributed by atoms with Gasteiger partial charge in [-0.25, -0.2) is 4.68 Å². The van der Waals surface area contributed by atoms with Crippen LogP contribution in [-0.2, 0) is 6.42 Å². The van der Waals surface area contributed by atoms with Gasteiger partial charge in [-0.3, -0.25) is 0 Å². The normalized spacial score (nSPS) is 10.5. The van der Waals surface area contributed by atoms with Crippen LogP contribution in [0.1, 0.15) is 35.7 Å². The van der Waals surface area contributed by atoms with Crippen LogP contribution in [-0.4, -0.2) is 9.78 Å². The number of nitrogens with zero attached hydrogens (tertiary/aromatic N) is 3. The molecule has 3 nitrogen and oxygen atoms in total. The maximum absolute atomic E-state index is 9.22. The van der Waals surface area contributed by atoms with Gasteiger partial charge in [0.15, 0.2) is 5.15 Å². The molecule has 98 valence electrons. The third-order valence-corrected chi connectivity index (χ3v) is 3.44. The summed E-state index contributed by atoms with van der Waals surface area (Å²) in [6, 6.07) is 8.28. The Balaban J connectivity index is 2.63. The van der Waals surface area contributed by atoms with Gasteiger partial charge in [0.2, 0.25) is 0 Å². The first-order chi connectivity index (χ1) is 9.08. The van der Waals surface area contributed by atoms with Crippen molar-refractivity contribution in [2.45, 2.75) is 33.6 Å². The van der Waals surface area contributed by atoms with Crippen molar-refractivity contribution in [1.82, 2.24) is 9.78 Å². The van der Waals surface area contributed by atoms with Crippen LogP contribution >= 0.6 is 11.6 Å². The van der Waals surface area contributed by atoms with Gasteiger partial charge in [0.1, 0.15) is 11.6 Å². The van der Waals surface area contributed by atoms with Crippen LogP contribution in [0.25, 0.3) is 5.69 Å². The van der Waals surface area contributed by atoms with Crippen molar-refractivity contribution in [1.29, 1.82) is 5.26 Å². The molecule has 4 heteroatoms. The van der Waals surface area contributed by atoms with Gasteiger partial charge in [-0.05, 0) is 37.5 Å². The average molecular weight is 274 g/mol. The fourth-order valence-corrected chi connectivity index (χ4v) is 2.35. The summed E-state index contributed by atoms with van der Waals surface area (Å²) in [5, 5.41) is 14.1. The molecule has 0 amide bonds. The van der Waals surface area contributed by atoms with E-state index in [1.54, 1.807) is 4.68 Å². The minimum absolute atomic E-state index is 0.402. The third kappa shape index (κ3) is 2.50. The minimum Gasteiger partial charge on any atom is -0.220 e. The van der Waals surface area contributed by atoms with Crippen molar-refractivity contribution >= 4 is 11.6 Å². The Kier molecular flexibility index (Phi) is 3.92. The summed E-state index contributed by atoms with van der Waals surface area (Å²) in [6.07, 6.45) is 1.70. The molecule has 0 saturated heterocycles. The molecular weight excluding hydrogens is 258 g/mol. The van der Waals surface area contributed by atoms with Crippen LogP contribution < -0.4 is 0 Å². The molecule has 2 aromatic rings. The molecule has 2 rings (SSSR count). The summed E-state index contributed by atoms with van der Waals surface area (Å²) in [6.45, 7) is 6.10. The number of aryl methyl sites for hydroxylation is 3. The standard InChI is InChI=1S/C15H16ClN3/c1-4-5-13-12(9-17)15(16)19(18-13)14-8-10(2)6-7-11(14)3/h6-8H,4-5H2,1-3H3. The summed E-state index contributed by atoms with van der Waals surface area (Å²) in [7, 11) is 0. The van der Waals surface area contributed by atoms with Gasteiger partial charge in [0.25, 0.3) is 0 Å². The fraction of sp³-hybridized carbons (Fsp3) is 0.333. The number of rotatable bonds is 3. The van der Waals surface area contributed by atoms with E-state index in [4.69, 9.17) is 11.6 Å². The van der Waals surface area contributed by atoms with Gasteiger partial charge in [-0.2, -0.15) is 10.4 Å². The molecule has 0 spiro atoms. The molecule has 0 bridgehead atoms. The average Bonchev–Trinajstić information content (AvgIpc) is 2.69. The lowest BCUT2D eigenvalue weighted by atomic mass is 10.1. The molecule has 0 aliphatic carbocycles. The van der Waals surface area contributed by atoms with Gasteiger partial charge in [-0.1, -0.05) is 37.1 Å². The Morgan fingerprint density at radius 3 is 2.74 bits per heavy atom. The molecule has 0 aliphatic rings. The number of hydrogen-bond donors (Lipinski definition) is 0. The van der Waals surface area contributed by atoms with Crippen molar-refractivity contribution in [3.05, 3.63) is 45.7 Å². The van der Waals surface area contributed by atoms with E-state index in [9.17, 15) is 5.26 Å². The van der Waals surface area contributed by atoms with Crippen LogP contribution in [0.4, 0.5) is 0 Å². The number of hydrogen-bond acceptors (Lipinski definition) is 2. The Bertz CT molecular complexity index is 650. The molecular formula is C15H16ClN3. The zero-order valence-electron chi connectivity index (χ0n) is 11.4. The molecule has 1 aromatic heterocycles. The van der Waals surface area contributed by atoms with Crippen LogP contribution in [0.15, 0.2) is 18.2 Å². The molecule has 1 heterocycles. The second kappa shape index (κ2) is 5.46. The molecule has 1 aromatic carbocycles. The number of benzene rings is 1. The topological polar surface area (TPSA) is 41.6 Å². The highest BCUT2D eigenvalue weighted by Crippen LogP contribution is 2.26. The zero-order chi connectivity index (χ0) is 14.0. The van der Waals surface area contributed by atoms with Gasteiger partial charge in [0.05, 0.1) is 11.4 Å². The molecule has 0 radical (unpaired) electrons. The van der Waals surface area contributed by atoms with Gasteiger partial charge >= 0.3 is 0 Å². The Hall–Kier alpha value is -1.79. The van der Waals surface area contributed by atoms with Gasteiger partial charge < -0.3 is 0 Å². The highest BCUT2D eigenvalue weighted by atomic mass is 35.5. The second-order valence-corrected chi connectivity index (χ2v) is 5.03. The van der Waals surface area contributed by atoms with Crippen LogP contribution in [0.2, 0.25) is 5.15 Å². The molecule has 0 N–H and O–H groups in total. The highest BCUT2D eigenvalue weighted by Gasteiger charge is 2.17. The molecule has 0 unspecified atom stereocenters. The lowest BCUT2D eigenvalue weighted by Gasteiger charge is -2.08. The highest BCUT2D eigenvalue weighted by molar-refractivity contribution is 6.31. The van der Waals surface area contributed by atoms with E-state index in [2.05, 4.69) is 18.1 Å². The van der Waals surface area contributed by atoms with E-state index in [0.29, 0.717) is 10.7 Å². The minimum atomic E-state index is 0.402. The van der Waals surface area contributed by atoms with E-state index in [0.717, 1.165) is 35.3 Å².